The monoisotopic (exact) mass is 359 g/mol. The van der Waals surface area contributed by atoms with Crippen LogP contribution in [0.1, 0.15) is 16.7 Å². The molecule has 0 aliphatic rings. The number of rotatable bonds is 7. The predicted molar refractivity (Wildman–Crippen MR) is 95.0 cm³/mol. The van der Waals surface area contributed by atoms with Crippen LogP contribution in [0.25, 0.3) is 0 Å². The van der Waals surface area contributed by atoms with Crippen molar-refractivity contribution in [2.24, 2.45) is 0 Å². The molecule has 8 heteroatoms. The lowest BCUT2D eigenvalue weighted by atomic mass is 10.1. The molecule has 0 radical (unpaired) electrons. The molecule has 2 N–H and O–H groups in total. The molecule has 3 rings (SSSR count). The molecule has 0 aliphatic carbocycles. The lowest BCUT2D eigenvalue weighted by Gasteiger charge is -2.14. The highest BCUT2D eigenvalue weighted by molar-refractivity contribution is 6.32. The Morgan fingerprint density at radius 2 is 2.08 bits per heavy atom. The summed E-state index contributed by atoms with van der Waals surface area (Å²) in [5, 5.41) is 17.1. The maximum atomic E-state index is 6.39. The summed E-state index contributed by atoms with van der Waals surface area (Å²) < 4.78 is 11.3. The number of halogens is 1. The fraction of sp³-hybridized carbons (Fsp3) is 0.235. The number of aryl methyl sites for hydroxylation is 1. The second-order valence-corrected chi connectivity index (χ2v) is 5.88. The molecular weight excluding hydrogens is 342 g/mol. The minimum atomic E-state index is 0.412. The van der Waals surface area contributed by atoms with E-state index in [0.29, 0.717) is 35.6 Å². The van der Waals surface area contributed by atoms with Gasteiger partial charge in [-0.3, -0.25) is 0 Å². The molecule has 0 atom stereocenters. The van der Waals surface area contributed by atoms with E-state index in [4.69, 9.17) is 21.1 Å². The summed E-state index contributed by atoms with van der Waals surface area (Å²) >= 11 is 6.39. The molecule has 2 aromatic carbocycles. The summed E-state index contributed by atoms with van der Waals surface area (Å²) in [6, 6.07) is 11.8. The van der Waals surface area contributed by atoms with Gasteiger partial charge in [-0.2, -0.15) is 5.21 Å². The second-order valence-electron chi connectivity index (χ2n) is 5.48. The van der Waals surface area contributed by atoms with Gasteiger partial charge in [0.05, 0.1) is 12.1 Å². The molecule has 0 saturated heterocycles. The molecule has 0 unspecified atom stereocenters. The fourth-order valence-corrected chi connectivity index (χ4v) is 2.68. The van der Waals surface area contributed by atoms with Gasteiger partial charge < -0.3 is 14.8 Å². The fourth-order valence-electron chi connectivity index (χ4n) is 2.39. The predicted octanol–water partition coefficient (Wildman–Crippen LogP) is 3.36. The Hall–Kier alpha value is -2.80. The van der Waals surface area contributed by atoms with Crippen molar-refractivity contribution in [1.82, 2.24) is 20.6 Å². The number of H-pyrrole nitrogens is 1. The van der Waals surface area contributed by atoms with E-state index in [1.165, 1.54) is 5.56 Å². The van der Waals surface area contributed by atoms with Crippen LogP contribution in [-0.4, -0.2) is 27.7 Å². The van der Waals surface area contributed by atoms with Crippen molar-refractivity contribution in [3.05, 3.63) is 58.1 Å². The van der Waals surface area contributed by atoms with Crippen LogP contribution in [0.3, 0.4) is 0 Å². The van der Waals surface area contributed by atoms with Crippen molar-refractivity contribution in [3.8, 4) is 11.5 Å². The van der Waals surface area contributed by atoms with E-state index in [2.05, 4.69) is 32.0 Å². The third-order valence-electron chi connectivity index (χ3n) is 3.55. The van der Waals surface area contributed by atoms with Gasteiger partial charge in [0.2, 0.25) is 0 Å². The van der Waals surface area contributed by atoms with Gasteiger partial charge in [0.1, 0.15) is 6.61 Å². The zero-order valence-electron chi connectivity index (χ0n) is 13.9. The number of hydrogen-bond acceptors (Lipinski definition) is 6. The zero-order chi connectivity index (χ0) is 17.6. The third kappa shape index (κ3) is 4.39. The van der Waals surface area contributed by atoms with Crippen LogP contribution in [0.15, 0.2) is 36.4 Å². The minimum Gasteiger partial charge on any atom is -0.493 e. The maximum absolute atomic E-state index is 6.39. The molecule has 0 bridgehead atoms. The van der Waals surface area contributed by atoms with Gasteiger partial charge >= 0.3 is 0 Å². The largest absolute Gasteiger partial charge is 0.493 e. The first-order valence-electron chi connectivity index (χ1n) is 7.68. The summed E-state index contributed by atoms with van der Waals surface area (Å²) in [4.78, 5) is 0. The highest BCUT2D eigenvalue weighted by Gasteiger charge is 2.13. The summed E-state index contributed by atoms with van der Waals surface area (Å²) in [5.41, 5.74) is 3.16. The number of hydrogen-bond donors (Lipinski definition) is 2. The van der Waals surface area contributed by atoms with Gasteiger partial charge in [-0.1, -0.05) is 46.5 Å². The lowest BCUT2D eigenvalue weighted by Crippen LogP contribution is -2.03. The normalized spacial score (nSPS) is 10.5. The third-order valence-corrected chi connectivity index (χ3v) is 3.83. The van der Waals surface area contributed by atoms with Crippen LogP contribution >= 0.6 is 11.6 Å². The SMILES string of the molecule is COc1cc(CNc2nn[nH]n2)cc(Cl)c1OCc1cccc(C)c1. The molecule has 7 nitrogen and oxygen atoms in total. The summed E-state index contributed by atoms with van der Waals surface area (Å²) in [6.07, 6.45) is 0. The number of aromatic amines is 1. The number of tetrazole rings is 1. The Morgan fingerprint density at radius 1 is 1.20 bits per heavy atom. The molecule has 0 fully saturated rings. The van der Waals surface area contributed by atoms with Crippen LogP contribution < -0.4 is 14.8 Å². The van der Waals surface area contributed by atoms with Crippen molar-refractivity contribution in [2.45, 2.75) is 20.1 Å². The smallest absolute Gasteiger partial charge is 0.263 e. The van der Waals surface area contributed by atoms with Crippen molar-refractivity contribution in [1.29, 1.82) is 0 Å². The topological polar surface area (TPSA) is 85.0 Å². The molecule has 0 spiro atoms. The Kier molecular flexibility index (Phi) is 5.35. The number of benzene rings is 2. The van der Waals surface area contributed by atoms with E-state index in [0.717, 1.165) is 11.1 Å². The van der Waals surface area contributed by atoms with Crippen LogP contribution in [0.5, 0.6) is 11.5 Å². The summed E-state index contributed by atoms with van der Waals surface area (Å²) in [7, 11) is 1.58. The molecule has 0 aliphatic heterocycles. The molecule has 0 amide bonds. The Bertz CT molecular complexity index is 839. The highest BCUT2D eigenvalue weighted by atomic mass is 35.5. The van der Waals surface area contributed by atoms with Gasteiger partial charge in [0.25, 0.3) is 5.95 Å². The van der Waals surface area contributed by atoms with Crippen molar-refractivity contribution in [2.75, 3.05) is 12.4 Å². The molecule has 0 saturated carbocycles. The van der Waals surface area contributed by atoms with Gasteiger partial charge in [0.15, 0.2) is 11.5 Å². The van der Waals surface area contributed by atoms with Crippen molar-refractivity contribution >= 4 is 17.5 Å². The van der Waals surface area contributed by atoms with Gasteiger partial charge in [-0.15, -0.1) is 5.10 Å². The van der Waals surface area contributed by atoms with E-state index in [9.17, 15) is 0 Å². The first-order valence-corrected chi connectivity index (χ1v) is 8.05. The number of nitrogens with one attached hydrogen (secondary N) is 2. The standard InChI is InChI=1S/C17H18ClN5O2/c1-11-4-3-5-12(6-11)10-25-16-14(18)7-13(8-15(16)24-2)9-19-17-20-22-23-21-17/h3-8H,9-10H2,1-2H3,(H2,19,20,21,22,23). The first kappa shape index (κ1) is 17.0. The van der Waals surface area contributed by atoms with Crippen molar-refractivity contribution < 1.29 is 9.47 Å². The van der Waals surface area contributed by atoms with Gasteiger partial charge in [0, 0.05) is 6.54 Å². The first-order chi connectivity index (χ1) is 12.2. The Morgan fingerprint density at radius 3 is 2.80 bits per heavy atom. The van der Waals surface area contributed by atoms with Gasteiger partial charge in [-0.05, 0) is 35.4 Å². The average molecular weight is 360 g/mol. The average Bonchev–Trinajstić information content (AvgIpc) is 3.12. The molecule has 130 valence electrons. The van der Waals surface area contributed by atoms with Crippen LogP contribution in [-0.2, 0) is 13.2 Å². The Balaban J connectivity index is 1.72. The lowest BCUT2D eigenvalue weighted by molar-refractivity contribution is 0.284. The van der Waals surface area contributed by atoms with E-state index in [-0.39, 0.29) is 0 Å². The number of anilines is 1. The molecule has 25 heavy (non-hydrogen) atoms. The minimum absolute atomic E-state index is 0.412. The van der Waals surface area contributed by atoms with E-state index in [1.807, 2.05) is 37.3 Å². The number of methoxy groups -OCH3 is 1. The number of nitrogens with zero attached hydrogens (tertiary/aromatic N) is 3. The van der Waals surface area contributed by atoms with E-state index >= 15 is 0 Å². The Labute approximate surface area is 150 Å². The highest BCUT2D eigenvalue weighted by Crippen LogP contribution is 2.37. The van der Waals surface area contributed by atoms with Crippen LogP contribution in [0, 0.1) is 6.92 Å². The van der Waals surface area contributed by atoms with Crippen molar-refractivity contribution in [3.63, 3.8) is 0 Å². The van der Waals surface area contributed by atoms with Crippen LogP contribution in [0.4, 0.5) is 5.95 Å². The van der Waals surface area contributed by atoms with Crippen LogP contribution in [0.2, 0.25) is 5.02 Å². The van der Waals surface area contributed by atoms with E-state index in [1.54, 1.807) is 7.11 Å². The van der Waals surface area contributed by atoms with E-state index < -0.39 is 0 Å². The molecule has 1 heterocycles. The van der Waals surface area contributed by atoms with Gasteiger partial charge in [-0.25, -0.2) is 0 Å². The molecule has 1 aromatic heterocycles. The summed E-state index contributed by atoms with van der Waals surface area (Å²) in [6.45, 7) is 2.94. The maximum Gasteiger partial charge on any atom is 0.263 e. The number of ether oxygens (including phenoxy) is 2. The second kappa shape index (κ2) is 7.85. The zero-order valence-corrected chi connectivity index (χ0v) is 14.7. The molecule has 3 aromatic rings. The summed E-state index contributed by atoms with van der Waals surface area (Å²) in [5.74, 6) is 1.51. The molecular formula is C17H18ClN5O2. The number of aromatic nitrogens is 4. The quantitative estimate of drug-likeness (QED) is 0.672.